The van der Waals surface area contributed by atoms with Crippen LogP contribution in [0.3, 0.4) is 0 Å². The van der Waals surface area contributed by atoms with Gasteiger partial charge in [-0.15, -0.1) is 0 Å². The predicted molar refractivity (Wildman–Crippen MR) is 74.5 cm³/mol. The first-order valence-corrected chi connectivity index (χ1v) is 6.29. The number of ether oxygens (including phenoxy) is 1. The van der Waals surface area contributed by atoms with Crippen LogP contribution in [-0.4, -0.2) is 12.9 Å². The zero-order chi connectivity index (χ0) is 15.4. The molecule has 0 aliphatic heterocycles. The Balaban J connectivity index is 3.38. The number of nitriles is 2. The molecule has 0 heterocycles. The van der Waals surface area contributed by atoms with Crippen molar-refractivity contribution in [3.05, 3.63) is 35.4 Å². The summed E-state index contributed by atoms with van der Waals surface area (Å²) in [6.45, 7) is 5.16. The zero-order valence-corrected chi connectivity index (χ0v) is 12.2. The summed E-state index contributed by atoms with van der Waals surface area (Å²) in [6, 6.07) is 10.9. The topological polar surface area (TPSA) is 73.9 Å². The van der Waals surface area contributed by atoms with E-state index in [4.69, 9.17) is 10.00 Å². The highest BCUT2D eigenvalue weighted by atomic mass is 16.5. The molecule has 104 valence electrons. The largest absolute Gasteiger partial charge is 0.359 e. The molecule has 0 spiro atoms. The third-order valence-corrected chi connectivity index (χ3v) is 3.53. The molecule has 0 amide bonds. The molecule has 0 aromatic heterocycles. The van der Waals surface area contributed by atoms with E-state index in [-0.39, 0.29) is 12.2 Å². The van der Waals surface area contributed by atoms with Gasteiger partial charge in [0.1, 0.15) is 11.9 Å². The molecular weight excluding hydrogens is 252 g/mol. The molecule has 0 saturated heterocycles. The summed E-state index contributed by atoms with van der Waals surface area (Å²) in [7, 11) is 1.46. The maximum atomic E-state index is 11.5. The average molecular weight is 270 g/mol. The van der Waals surface area contributed by atoms with Crippen LogP contribution in [0.4, 0.5) is 0 Å². The third-order valence-electron chi connectivity index (χ3n) is 3.53. The Morgan fingerprint density at radius 1 is 1.25 bits per heavy atom. The van der Waals surface area contributed by atoms with Crippen LogP contribution in [-0.2, 0) is 15.1 Å². The van der Waals surface area contributed by atoms with Crippen LogP contribution in [0.15, 0.2) is 24.3 Å². The lowest BCUT2D eigenvalue weighted by Gasteiger charge is -2.40. The molecule has 1 unspecified atom stereocenters. The summed E-state index contributed by atoms with van der Waals surface area (Å²) in [5.74, 6) is 0.000296. The van der Waals surface area contributed by atoms with Crippen LogP contribution in [0.2, 0.25) is 0 Å². The highest BCUT2D eigenvalue weighted by Gasteiger charge is 2.48. The number of benzene rings is 1. The van der Waals surface area contributed by atoms with E-state index in [1.807, 2.05) is 19.9 Å². The second kappa shape index (κ2) is 5.86. The smallest absolute Gasteiger partial charge is 0.184 e. The van der Waals surface area contributed by atoms with E-state index in [2.05, 4.69) is 6.07 Å². The van der Waals surface area contributed by atoms with Gasteiger partial charge in [-0.2, -0.15) is 10.5 Å². The number of methoxy groups -OCH3 is 1. The first kappa shape index (κ1) is 15.9. The van der Waals surface area contributed by atoms with Gasteiger partial charge in [0.05, 0.1) is 11.6 Å². The van der Waals surface area contributed by atoms with Gasteiger partial charge in [-0.05, 0) is 24.6 Å². The standard InChI is InChI=1S/C16H18N2O2/c1-12(19)9-15(2,3)16(11-18,20-4)14-7-5-13(10-17)6-8-14/h5-8H,9H2,1-4H3. The summed E-state index contributed by atoms with van der Waals surface area (Å²) in [6.07, 6.45) is 0.231. The summed E-state index contributed by atoms with van der Waals surface area (Å²) < 4.78 is 5.52. The number of carbonyl (C=O) groups is 1. The summed E-state index contributed by atoms with van der Waals surface area (Å²) in [5, 5.41) is 18.5. The van der Waals surface area contributed by atoms with Gasteiger partial charge < -0.3 is 9.53 Å². The van der Waals surface area contributed by atoms with Gasteiger partial charge in [-0.1, -0.05) is 26.0 Å². The number of Topliss-reactive ketones (excluding diaryl/α,β-unsaturated/α-hetero) is 1. The minimum absolute atomic E-state index is 0.000296. The fourth-order valence-corrected chi connectivity index (χ4v) is 2.57. The summed E-state index contributed by atoms with van der Waals surface area (Å²) in [4.78, 5) is 11.5. The minimum atomic E-state index is -1.23. The van der Waals surface area contributed by atoms with Gasteiger partial charge in [-0.3, -0.25) is 0 Å². The van der Waals surface area contributed by atoms with Crippen molar-refractivity contribution in [2.24, 2.45) is 5.41 Å². The summed E-state index contributed by atoms with van der Waals surface area (Å²) in [5.41, 5.74) is -0.753. The molecule has 0 saturated carbocycles. The molecule has 0 fully saturated rings. The molecule has 4 heteroatoms. The molecule has 0 aliphatic rings. The Hall–Kier alpha value is -2.17. The fourth-order valence-electron chi connectivity index (χ4n) is 2.57. The lowest BCUT2D eigenvalue weighted by molar-refractivity contribution is -0.125. The van der Waals surface area contributed by atoms with E-state index >= 15 is 0 Å². The zero-order valence-electron chi connectivity index (χ0n) is 12.2. The second-order valence-corrected chi connectivity index (χ2v) is 5.45. The van der Waals surface area contributed by atoms with Crippen molar-refractivity contribution >= 4 is 5.78 Å². The Morgan fingerprint density at radius 2 is 1.80 bits per heavy atom. The molecule has 20 heavy (non-hydrogen) atoms. The van der Waals surface area contributed by atoms with E-state index in [0.717, 1.165) is 0 Å². The van der Waals surface area contributed by atoms with Crippen LogP contribution in [0, 0.1) is 28.1 Å². The number of hydrogen-bond donors (Lipinski definition) is 0. The molecule has 1 rings (SSSR count). The van der Waals surface area contributed by atoms with Crippen molar-refractivity contribution < 1.29 is 9.53 Å². The van der Waals surface area contributed by atoms with E-state index in [1.54, 1.807) is 24.3 Å². The van der Waals surface area contributed by atoms with Crippen molar-refractivity contribution in [2.75, 3.05) is 7.11 Å². The SMILES string of the molecule is COC(C#N)(c1ccc(C#N)cc1)C(C)(C)CC(C)=O. The number of rotatable bonds is 5. The van der Waals surface area contributed by atoms with Crippen LogP contribution in [0.25, 0.3) is 0 Å². The maximum Gasteiger partial charge on any atom is 0.184 e. The van der Waals surface area contributed by atoms with E-state index in [1.165, 1.54) is 14.0 Å². The minimum Gasteiger partial charge on any atom is -0.359 e. The molecule has 1 atom stereocenters. The highest BCUT2D eigenvalue weighted by Crippen LogP contribution is 2.44. The van der Waals surface area contributed by atoms with Crippen LogP contribution in [0.5, 0.6) is 0 Å². The van der Waals surface area contributed by atoms with E-state index in [9.17, 15) is 10.1 Å². The van der Waals surface area contributed by atoms with Crippen molar-refractivity contribution in [1.29, 1.82) is 10.5 Å². The van der Waals surface area contributed by atoms with Crippen molar-refractivity contribution in [1.82, 2.24) is 0 Å². The molecule has 1 aromatic rings. The number of ketones is 1. The Bertz CT molecular complexity index is 576. The van der Waals surface area contributed by atoms with Gasteiger partial charge in [0.2, 0.25) is 0 Å². The van der Waals surface area contributed by atoms with E-state index < -0.39 is 11.0 Å². The first-order chi connectivity index (χ1) is 9.32. The van der Waals surface area contributed by atoms with Gasteiger partial charge >= 0.3 is 0 Å². The quantitative estimate of drug-likeness (QED) is 0.824. The first-order valence-electron chi connectivity index (χ1n) is 6.29. The van der Waals surface area contributed by atoms with Gasteiger partial charge in [0, 0.05) is 18.9 Å². The van der Waals surface area contributed by atoms with Crippen molar-refractivity contribution in [2.45, 2.75) is 32.8 Å². The van der Waals surface area contributed by atoms with Crippen LogP contribution >= 0.6 is 0 Å². The average Bonchev–Trinajstić information content (AvgIpc) is 2.39. The van der Waals surface area contributed by atoms with Gasteiger partial charge in [0.25, 0.3) is 0 Å². The molecule has 0 bridgehead atoms. The fraction of sp³-hybridized carbons (Fsp3) is 0.438. The lowest BCUT2D eigenvalue weighted by Crippen LogP contribution is -2.43. The van der Waals surface area contributed by atoms with Crippen LogP contribution < -0.4 is 0 Å². The Morgan fingerprint density at radius 3 is 2.15 bits per heavy atom. The number of hydrogen-bond acceptors (Lipinski definition) is 4. The van der Waals surface area contributed by atoms with Crippen molar-refractivity contribution in [3.63, 3.8) is 0 Å². The lowest BCUT2D eigenvalue weighted by atomic mass is 9.68. The third kappa shape index (κ3) is 2.71. The van der Waals surface area contributed by atoms with Crippen molar-refractivity contribution in [3.8, 4) is 12.1 Å². The highest BCUT2D eigenvalue weighted by molar-refractivity contribution is 5.76. The van der Waals surface area contributed by atoms with Gasteiger partial charge in [-0.25, -0.2) is 0 Å². The molecule has 0 N–H and O–H groups in total. The Kier molecular flexibility index (Phi) is 4.65. The normalized spacial score (nSPS) is 13.9. The molecule has 0 aliphatic carbocycles. The van der Waals surface area contributed by atoms with E-state index in [0.29, 0.717) is 11.1 Å². The Labute approximate surface area is 119 Å². The molecular formula is C16H18N2O2. The maximum absolute atomic E-state index is 11.5. The molecule has 1 aromatic carbocycles. The van der Waals surface area contributed by atoms with Crippen LogP contribution in [0.1, 0.15) is 38.3 Å². The molecule has 4 nitrogen and oxygen atoms in total. The number of carbonyl (C=O) groups excluding carboxylic acids is 1. The second-order valence-electron chi connectivity index (χ2n) is 5.45. The summed E-state index contributed by atoms with van der Waals surface area (Å²) >= 11 is 0. The monoisotopic (exact) mass is 270 g/mol. The van der Waals surface area contributed by atoms with Gasteiger partial charge in [0.15, 0.2) is 5.60 Å². The number of nitrogens with zero attached hydrogens (tertiary/aromatic N) is 2. The predicted octanol–water partition coefficient (Wildman–Crippen LogP) is 2.93. The molecule has 0 radical (unpaired) electrons.